The molecule has 7 heterocycles. The Bertz CT molecular complexity index is 9590. The Hall–Kier alpha value is -19.0. The van der Waals surface area contributed by atoms with Crippen LogP contribution in [0.1, 0.15) is 0 Å². The molecule has 0 N–H and O–H groups in total. The van der Waals surface area contributed by atoms with Crippen LogP contribution >= 0.6 is 0 Å². The fourth-order valence-corrected chi connectivity index (χ4v) is 20.3. The number of benzene rings is 21. The van der Waals surface area contributed by atoms with Gasteiger partial charge in [0.15, 0.2) is 16.9 Å². The Morgan fingerprint density at radius 1 is 0.142 bits per heavy atom. The molecule has 0 saturated heterocycles. The summed E-state index contributed by atoms with van der Waals surface area (Å²) in [7, 11) is 0. The highest BCUT2D eigenvalue weighted by atomic mass is 15.1. The standard InChI is InChI=1S/C46H29N3.C43H28N4.C42H27N3/c1-2-14-40(15-3-1)49-44-17-9-8-16-41(44)45-46(49)48-42-23-22-36(29-43(42)47-45)39-27-37(34-20-18-30-10-4-6-12-32(30)24-34)26-38(28-39)35-21-19-31-11-5-7-13-33(31)25-35;1-4-12-29(13-5-1)33-22-23-44-41(28-33)47-40-19-11-10-18-37(40)42-43(47)46-38-21-20-32(27-39(38)45-42)36-25-34(30-14-6-2-7-15-30)24-35(26-36)31-16-8-3-9-17-31;1-3-11-28(12-4-1)33-24-34(31-20-19-29-13-7-8-14-30(29)23-31)26-35(25-33)32-21-22-38-39(27-32)43-41-37-17-9-10-18-40(37)45(42(41)44-38)36-15-5-2-6-16-36/h1-29H;1-28H;1-27H. The van der Waals surface area contributed by atoms with Gasteiger partial charge in [0.2, 0.25) is 0 Å². The van der Waals surface area contributed by atoms with E-state index >= 15 is 0 Å². The molecule has 0 aliphatic heterocycles. The molecule has 0 aliphatic carbocycles. The van der Waals surface area contributed by atoms with Gasteiger partial charge in [-0.15, -0.1) is 0 Å². The molecule has 0 bridgehead atoms. The van der Waals surface area contributed by atoms with Crippen LogP contribution in [0, 0.1) is 0 Å². The first-order valence-electron chi connectivity index (χ1n) is 47.7. The van der Waals surface area contributed by atoms with Gasteiger partial charge in [-0.05, 0) is 307 Å². The maximum absolute atomic E-state index is 5.28. The lowest BCUT2D eigenvalue weighted by Crippen LogP contribution is -1.99. The van der Waals surface area contributed by atoms with E-state index in [0.29, 0.717) is 0 Å². The zero-order valence-corrected chi connectivity index (χ0v) is 76.5. The summed E-state index contributed by atoms with van der Waals surface area (Å²) in [6.07, 6.45) is 1.87. The molecular weight excluding hydrogens is 1710 g/mol. The smallest absolute Gasteiger partial charge is 0.166 e. The van der Waals surface area contributed by atoms with Crippen molar-refractivity contribution in [3.05, 3.63) is 510 Å². The third kappa shape index (κ3) is 15.6. The average Bonchev–Trinajstić information content (AvgIpc) is 1.59. The second-order valence-electron chi connectivity index (χ2n) is 36.0. The van der Waals surface area contributed by atoms with Crippen molar-refractivity contribution in [3.63, 3.8) is 0 Å². The molecule has 10 heteroatoms. The van der Waals surface area contributed by atoms with E-state index in [1.54, 1.807) is 0 Å². The summed E-state index contributed by atoms with van der Waals surface area (Å²) in [5.74, 6) is 0.814. The third-order valence-electron chi connectivity index (χ3n) is 27.3. The fraction of sp³-hybridized carbons (Fsp3) is 0. The summed E-state index contributed by atoms with van der Waals surface area (Å²) in [5.41, 5.74) is 39.0. The first-order valence-corrected chi connectivity index (χ1v) is 47.7. The minimum Gasteiger partial charge on any atom is -0.293 e. The normalized spacial score (nSPS) is 11.5. The van der Waals surface area contributed by atoms with Gasteiger partial charge in [0.05, 0.1) is 49.7 Å². The van der Waals surface area contributed by atoms with Gasteiger partial charge in [-0.3, -0.25) is 13.7 Å². The molecule has 7 aromatic heterocycles. The van der Waals surface area contributed by atoms with Crippen LogP contribution in [0.3, 0.4) is 0 Å². The summed E-state index contributed by atoms with van der Waals surface area (Å²) in [5, 5.41) is 10.7. The van der Waals surface area contributed by atoms with Crippen LogP contribution in [-0.4, -0.2) is 48.6 Å². The molecule has 0 saturated carbocycles. The summed E-state index contributed by atoms with van der Waals surface area (Å²) in [6.45, 7) is 0. The fourth-order valence-electron chi connectivity index (χ4n) is 20.3. The minimum atomic E-state index is 0.793. The zero-order valence-electron chi connectivity index (χ0n) is 76.5. The number of para-hydroxylation sites is 5. The molecule has 658 valence electrons. The molecule has 0 aliphatic rings. The number of hydrogen-bond donors (Lipinski definition) is 0. The van der Waals surface area contributed by atoms with E-state index in [2.05, 4.69) is 493 Å². The minimum absolute atomic E-state index is 0.793. The van der Waals surface area contributed by atoms with Gasteiger partial charge >= 0.3 is 0 Å². The van der Waals surface area contributed by atoms with Gasteiger partial charge in [-0.2, -0.15) is 0 Å². The van der Waals surface area contributed by atoms with Gasteiger partial charge < -0.3 is 0 Å². The van der Waals surface area contributed by atoms with E-state index in [1.807, 2.05) is 30.5 Å². The number of pyridine rings is 1. The van der Waals surface area contributed by atoms with Crippen molar-refractivity contribution in [3.8, 4) is 128 Å². The van der Waals surface area contributed by atoms with Crippen LogP contribution in [0.5, 0.6) is 0 Å². The largest absolute Gasteiger partial charge is 0.293 e. The molecular formula is C131H84N10. The lowest BCUT2D eigenvalue weighted by Gasteiger charge is -2.13. The molecule has 0 fully saturated rings. The van der Waals surface area contributed by atoms with Crippen molar-refractivity contribution in [2.75, 3.05) is 0 Å². The number of aromatic nitrogens is 10. The van der Waals surface area contributed by atoms with Crippen molar-refractivity contribution < 1.29 is 0 Å². The molecule has 0 unspecified atom stereocenters. The first kappa shape index (κ1) is 82.6. The predicted octanol–water partition coefficient (Wildman–Crippen LogP) is 33.7. The lowest BCUT2D eigenvalue weighted by atomic mass is 9.91. The quantitative estimate of drug-likeness (QED) is 0.113. The molecule has 28 aromatic rings. The van der Waals surface area contributed by atoms with Crippen LogP contribution in [0.25, 0.3) is 260 Å². The number of hydrogen-bond acceptors (Lipinski definition) is 7. The van der Waals surface area contributed by atoms with Gasteiger partial charge in [0, 0.05) is 33.7 Å². The molecule has 21 aromatic carbocycles. The Labute approximate surface area is 812 Å². The maximum atomic E-state index is 5.28. The number of nitrogens with zero attached hydrogens (tertiary/aromatic N) is 10. The Morgan fingerprint density at radius 2 is 0.383 bits per heavy atom. The van der Waals surface area contributed by atoms with Crippen molar-refractivity contribution >= 4 is 132 Å². The lowest BCUT2D eigenvalue weighted by molar-refractivity contribution is 1.06. The van der Waals surface area contributed by atoms with Crippen LogP contribution in [0.15, 0.2) is 510 Å². The Morgan fingerprint density at radius 3 is 0.709 bits per heavy atom. The predicted molar refractivity (Wildman–Crippen MR) is 586 cm³/mol. The summed E-state index contributed by atoms with van der Waals surface area (Å²) < 4.78 is 6.56. The summed E-state index contributed by atoms with van der Waals surface area (Å²) >= 11 is 0. The van der Waals surface area contributed by atoms with Crippen molar-refractivity contribution in [1.82, 2.24) is 48.6 Å². The highest BCUT2D eigenvalue weighted by Gasteiger charge is 2.24. The third-order valence-corrected chi connectivity index (χ3v) is 27.3. The molecule has 10 nitrogen and oxygen atoms in total. The van der Waals surface area contributed by atoms with E-state index in [4.69, 9.17) is 34.9 Å². The average molecular weight is 1800 g/mol. The van der Waals surface area contributed by atoms with Crippen LogP contribution in [-0.2, 0) is 0 Å². The van der Waals surface area contributed by atoms with Gasteiger partial charge in [-0.25, -0.2) is 34.9 Å². The van der Waals surface area contributed by atoms with Gasteiger partial charge in [-0.1, -0.05) is 340 Å². The van der Waals surface area contributed by atoms with Gasteiger partial charge in [0.1, 0.15) is 22.4 Å². The van der Waals surface area contributed by atoms with E-state index in [9.17, 15) is 0 Å². The second kappa shape index (κ2) is 35.3. The molecule has 28 rings (SSSR count). The summed E-state index contributed by atoms with van der Waals surface area (Å²) in [6, 6.07) is 178. The highest BCUT2D eigenvalue weighted by Crippen LogP contribution is 2.44. The summed E-state index contributed by atoms with van der Waals surface area (Å²) in [4.78, 5) is 36.2. The monoisotopic (exact) mass is 1800 g/mol. The highest BCUT2D eigenvalue weighted by molar-refractivity contribution is 6.11. The van der Waals surface area contributed by atoms with E-state index in [1.165, 1.54) is 99.1 Å². The molecule has 0 spiro atoms. The van der Waals surface area contributed by atoms with Crippen molar-refractivity contribution in [1.29, 1.82) is 0 Å². The first-order chi connectivity index (χ1) is 69.8. The van der Waals surface area contributed by atoms with Crippen LogP contribution < -0.4 is 0 Å². The maximum Gasteiger partial charge on any atom is 0.166 e. The SMILES string of the molecule is c1ccc(-c2cc(-c3ccc4ccccc4c3)cc(-c3ccc4nc5c(nc4c3)c3ccccc3n5-c3ccccc3)c2)cc1.c1ccc(-c2cc(-c3ccccc3)cc(-c3ccc4nc5c(nc4c3)c3ccccc3n5-c3cc(-c4ccccc4)ccn3)c2)cc1.c1ccc(-n2c3ccccc3c3nc4cc(-c5cc(-c6ccc7ccccc7c6)cc(-c6ccc7ccccc7c6)c5)ccc4nc32)cc1. The van der Waals surface area contributed by atoms with E-state index in [0.717, 1.165) is 161 Å². The topological polar surface area (TPSA) is 105 Å². The van der Waals surface area contributed by atoms with E-state index < -0.39 is 0 Å². The molecule has 0 radical (unpaired) electrons. The number of fused-ring (bicyclic) bond motifs is 15. The molecule has 141 heavy (non-hydrogen) atoms. The zero-order chi connectivity index (χ0) is 93.2. The molecule has 0 atom stereocenters. The second-order valence-corrected chi connectivity index (χ2v) is 36.0. The van der Waals surface area contributed by atoms with Crippen molar-refractivity contribution in [2.45, 2.75) is 0 Å². The Kier molecular flexibility index (Phi) is 20.7. The molecule has 0 amide bonds. The van der Waals surface area contributed by atoms with Gasteiger partial charge in [0.25, 0.3) is 0 Å². The van der Waals surface area contributed by atoms with Crippen LogP contribution in [0.4, 0.5) is 0 Å². The van der Waals surface area contributed by atoms with E-state index in [-0.39, 0.29) is 0 Å². The van der Waals surface area contributed by atoms with Crippen LogP contribution in [0.2, 0.25) is 0 Å². The van der Waals surface area contributed by atoms with Crippen molar-refractivity contribution in [2.24, 2.45) is 0 Å². The Balaban J connectivity index is 0.000000109. The number of rotatable bonds is 13.